The van der Waals surface area contributed by atoms with Gasteiger partial charge >= 0.3 is 0 Å². The highest BCUT2D eigenvalue weighted by atomic mass is 32.2. The lowest BCUT2D eigenvalue weighted by atomic mass is 9.99. The van der Waals surface area contributed by atoms with E-state index in [9.17, 15) is 14.0 Å². The van der Waals surface area contributed by atoms with E-state index < -0.39 is 0 Å². The summed E-state index contributed by atoms with van der Waals surface area (Å²) < 4.78 is 13.1. The Morgan fingerprint density at radius 3 is 2.31 bits per heavy atom. The molecule has 1 heterocycles. The number of carbonyl (C=O) groups is 2. The Bertz CT molecular complexity index is 903. The van der Waals surface area contributed by atoms with Gasteiger partial charge in [-0.3, -0.25) is 14.5 Å². The molecule has 0 unspecified atom stereocenters. The molecule has 0 spiro atoms. The van der Waals surface area contributed by atoms with E-state index in [0.717, 1.165) is 22.3 Å². The number of benzene rings is 2. The van der Waals surface area contributed by atoms with Crippen molar-refractivity contribution in [1.29, 1.82) is 0 Å². The highest BCUT2D eigenvalue weighted by Gasteiger charge is 2.39. The Hall–Kier alpha value is -2.40. The van der Waals surface area contributed by atoms with Gasteiger partial charge in [-0.2, -0.15) is 0 Å². The number of hydrogen-bond donors (Lipinski definition) is 0. The second-order valence-corrected chi connectivity index (χ2v) is 7.55. The topological polar surface area (TPSA) is 37.4 Å². The first-order valence-corrected chi connectivity index (χ1v) is 9.46. The predicted molar refractivity (Wildman–Crippen MR) is 103 cm³/mol. The maximum Gasteiger partial charge on any atom is 0.268 e. The third-order valence-corrected chi connectivity index (χ3v) is 5.28. The van der Waals surface area contributed by atoms with Crippen LogP contribution in [0.5, 0.6) is 0 Å². The molecule has 1 aliphatic rings. The maximum atomic E-state index is 13.1. The van der Waals surface area contributed by atoms with E-state index in [0.29, 0.717) is 16.2 Å². The minimum absolute atomic E-state index is 0.139. The fraction of sp³-hybridized carbons (Fsp3) is 0.238. The molecule has 2 aromatic rings. The first-order chi connectivity index (χ1) is 12.4. The van der Waals surface area contributed by atoms with Crippen molar-refractivity contribution in [2.45, 2.75) is 27.3 Å². The number of rotatable bonds is 5. The van der Waals surface area contributed by atoms with E-state index in [4.69, 9.17) is 0 Å². The second kappa shape index (κ2) is 7.46. The highest BCUT2D eigenvalue weighted by Crippen LogP contribution is 2.37. The van der Waals surface area contributed by atoms with Crippen molar-refractivity contribution in [1.82, 2.24) is 4.90 Å². The Kier molecular flexibility index (Phi) is 5.28. The summed E-state index contributed by atoms with van der Waals surface area (Å²) in [6.07, 6.45) is 0. The van der Waals surface area contributed by atoms with Crippen LogP contribution in [-0.4, -0.2) is 22.5 Å². The third kappa shape index (κ3) is 3.44. The van der Waals surface area contributed by atoms with Gasteiger partial charge in [-0.15, -0.1) is 11.8 Å². The van der Waals surface area contributed by atoms with Crippen LogP contribution in [-0.2, 0) is 16.1 Å². The number of hydrogen-bond acceptors (Lipinski definition) is 3. The van der Waals surface area contributed by atoms with Gasteiger partial charge in [0.2, 0.25) is 0 Å². The minimum atomic E-state index is -0.343. The molecule has 0 saturated carbocycles. The fourth-order valence-corrected chi connectivity index (χ4v) is 3.94. The van der Waals surface area contributed by atoms with Gasteiger partial charge in [-0.1, -0.05) is 42.8 Å². The van der Waals surface area contributed by atoms with Gasteiger partial charge in [0.05, 0.1) is 17.0 Å². The summed E-state index contributed by atoms with van der Waals surface area (Å²) in [5.74, 6) is -0.208. The van der Waals surface area contributed by atoms with E-state index in [1.54, 1.807) is 12.1 Å². The largest absolute Gasteiger partial charge is 0.269 e. The molecule has 26 heavy (non-hydrogen) atoms. The molecule has 1 aliphatic heterocycles. The molecule has 0 aromatic heterocycles. The summed E-state index contributed by atoms with van der Waals surface area (Å²) in [7, 11) is 0. The predicted octanol–water partition coefficient (Wildman–Crippen LogP) is 4.48. The normalized spacial score (nSPS) is 14.5. The van der Waals surface area contributed by atoms with Crippen LogP contribution in [0.1, 0.15) is 29.2 Å². The lowest BCUT2D eigenvalue weighted by Crippen LogP contribution is -2.31. The first-order valence-electron chi connectivity index (χ1n) is 8.47. The monoisotopic (exact) mass is 369 g/mol. The number of aryl methyl sites for hydroxylation is 2. The molecule has 0 aliphatic carbocycles. The molecule has 2 amide bonds. The van der Waals surface area contributed by atoms with E-state index in [-0.39, 0.29) is 24.2 Å². The van der Waals surface area contributed by atoms with Crippen LogP contribution in [0.3, 0.4) is 0 Å². The lowest BCUT2D eigenvalue weighted by molar-refractivity contribution is -0.137. The van der Waals surface area contributed by atoms with Crippen molar-refractivity contribution in [3.63, 3.8) is 0 Å². The highest BCUT2D eigenvalue weighted by molar-refractivity contribution is 8.04. The Morgan fingerprint density at radius 2 is 1.69 bits per heavy atom. The molecule has 0 bridgehead atoms. The summed E-state index contributed by atoms with van der Waals surface area (Å²) in [5, 5.41) is 0. The number of imide groups is 1. The van der Waals surface area contributed by atoms with Crippen LogP contribution in [0.4, 0.5) is 4.39 Å². The van der Waals surface area contributed by atoms with E-state index >= 15 is 0 Å². The van der Waals surface area contributed by atoms with Crippen LogP contribution >= 0.6 is 11.8 Å². The molecular weight excluding hydrogens is 349 g/mol. The molecule has 0 saturated heterocycles. The SMILES string of the molecule is CCSC1=C(c2ccc(C)cc2C)C(=O)N(Cc2ccc(F)cc2)C1=O. The average Bonchev–Trinajstić information content (AvgIpc) is 2.82. The Balaban J connectivity index is 1.99. The Morgan fingerprint density at radius 1 is 1.00 bits per heavy atom. The molecule has 5 heteroatoms. The molecule has 3 nitrogen and oxygen atoms in total. The first kappa shape index (κ1) is 18.4. The van der Waals surface area contributed by atoms with Crippen molar-refractivity contribution >= 4 is 29.1 Å². The van der Waals surface area contributed by atoms with Crippen molar-refractivity contribution in [3.8, 4) is 0 Å². The quantitative estimate of drug-likeness (QED) is 0.730. The number of carbonyl (C=O) groups excluding carboxylic acids is 2. The van der Waals surface area contributed by atoms with Crippen molar-refractivity contribution < 1.29 is 14.0 Å². The maximum absolute atomic E-state index is 13.1. The number of halogens is 1. The number of nitrogens with zero attached hydrogens (tertiary/aromatic N) is 1. The zero-order chi connectivity index (χ0) is 18.8. The standard InChI is InChI=1S/C21H20FNO2S/c1-4-26-19-18(17-10-5-13(2)11-14(17)3)20(24)23(21(19)25)12-15-6-8-16(22)9-7-15/h5-11H,4,12H2,1-3H3. The van der Waals surface area contributed by atoms with Crippen molar-refractivity contribution in [2.24, 2.45) is 0 Å². The zero-order valence-corrected chi connectivity index (χ0v) is 15.8. The molecular formula is C21H20FNO2S. The minimum Gasteiger partial charge on any atom is -0.269 e. The van der Waals surface area contributed by atoms with Gasteiger partial charge in [0.1, 0.15) is 5.82 Å². The molecule has 0 fully saturated rings. The molecule has 2 aromatic carbocycles. The van der Waals surface area contributed by atoms with Gasteiger partial charge in [0.15, 0.2) is 0 Å². The summed E-state index contributed by atoms with van der Waals surface area (Å²) in [6, 6.07) is 11.7. The van der Waals surface area contributed by atoms with E-state index in [1.807, 2.05) is 39.0 Å². The number of thioether (sulfide) groups is 1. The summed E-state index contributed by atoms with van der Waals surface area (Å²) in [5.41, 5.74) is 4.07. The molecule has 0 atom stereocenters. The smallest absolute Gasteiger partial charge is 0.268 e. The van der Waals surface area contributed by atoms with Gasteiger partial charge in [-0.25, -0.2) is 4.39 Å². The average molecular weight is 369 g/mol. The van der Waals surface area contributed by atoms with Crippen LogP contribution in [0.25, 0.3) is 5.57 Å². The van der Waals surface area contributed by atoms with E-state index in [1.165, 1.54) is 28.8 Å². The van der Waals surface area contributed by atoms with E-state index in [2.05, 4.69) is 0 Å². The lowest BCUT2D eigenvalue weighted by Gasteiger charge is -2.15. The molecule has 3 rings (SSSR count). The molecule has 0 radical (unpaired) electrons. The molecule has 134 valence electrons. The van der Waals surface area contributed by atoms with Gasteiger partial charge in [0.25, 0.3) is 11.8 Å². The van der Waals surface area contributed by atoms with Gasteiger partial charge < -0.3 is 0 Å². The van der Waals surface area contributed by atoms with Gasteiger partial charge in [-0.05, 0) is 48.4 Å². The summed E-state index contributed by atoms with van der Waals surface area (Å²) in [4.78, 5) is 27.7. The van der Waals surface area contributed by atoms with Crippen LogP contribution in [0, 0.1) is 19.7 Å². The molecule has 0 N–H and O–H groups in total. The number of amides is 2. The van der Waals surface area contributed by atoms with Gasteiger partial charge in [0, 0.05) is 0 Å². The van der Waals surface area contributed by atoms with Crippen molar-refractivity contribution in [3.05, 3.63) is 75.4 Å². The third-order valence-electron chi connectivity index (χ3n) is 4.32. The Labute approximate surface area is 156 Å². The van der Waals surface area contributed by atoms with Crippen LogP contribution in [0.2, 0.25) is 0 Å². The fourth-order valence-electron chi connectivity index (χ4n) is 3.08. The van der Waals surface area contributed by atoms with Crippen molar-refractivity contribution in [2.75, 3.05) is 5.75 Å². The zero-order valence-electron chi connectivity index (χ0n) is 15.0. The summed E-state index contributed by atoms with van der Waals surface area (Å²) >= 11 is 1.39. The van der Waals surface area contributed by atoms with Crippen LogP contribution in [0.15, 0.2) is 47.4 Å². The van der Waals surface area contributed by atoms with Crippen LogP contribution < -0.4 is 0 Å². The second-order valence-electron chi connectivity index (χ2n) is 6.28. The summed E-state index contributed by atoms with van der Waals surface area (Å²) in [6.45, 7) is 6.04.